The highest BCUT2D eigenvalue weighted by atomic mass is 32.2. The zero-order valence-electron chi connectivity index (χ0n) is 12.0. The summed E-state index contributed by atoms with van der Waals surface area (Å²) in [6.07, 6.45) is 2.08. The van der Waals surface area contributed by atoms with E-state index in [-0.39, 0.29) is 16.3 Å². The number of benzene rings is 3. The molecule has 0 bridgehead atoms. The predicted octanol–water partition coefficient (Wildman–Crippen LogP) is 6.59. The molecule has 0 aliphatic heterocycles. The molecule has 1 unspecified atom stereocenters. The summed E-state index contributed by atoms with van der Waals surface area (Å²) < 4.78 is 16.2. The molecule has 0 amide bonds. The summed E-state index contributed by atoms with van der Waals surface area (Å²) in [5, 5.41) is 2.20. The molecule has 0 fully saturated rings. The van der Waals surface area contributed by atoms with Crippen molar-refractivity contribution in [1.82, 2.24) is 0 Å². The third-order valence-electron chi connectivity index (χ3n) is 3.85. The molecule has 0 saturated carbocycles. The first-order valence-corrected chi connectivity index (χ1v) is 9.50. The maximum Gasteiger partial charge on any atom is 0.187 e. The second-order valence-electron chi connectivity index (χ2n) is 5.12. The van der Waals surface area contributed by atoms with E-state index in [0.717, 1.165) is 10.8 Å². The van der Waals surface area contributed by atoms with Crippen molar-refractivity contribution in [3.63, 3.8) is 0 Å². The molecule has 1 atom stereocenters. The van der Waals surface area contributed by atoms with E-state index < -0.39 is 0 Å². The van der Waals surface area contributed by atoms with Crippen LogP contribution in [0.15, 0.2) is 71.6 Å². The van der Waals surface area contributed by atoms with Crippen molar-refractivity contribution in [3.05, 3.63) is 72.5 Å². The average Bonchev–Trinajstić information content (AvgIpc) is 2.89. The molecule has 0 aliphatic rings. The van der Waals surface area contributed by atoms with Gasteiger partial charge >= 0.3 is 0 Å². The van der Waals surface area contributed by atoms with Crippen LogP contribution in [0, 0.1) is 5.82 Å². The van der Waals surface area contributed by atoms with Gasteiger partial charge in [-0.05, 0) is 54.8 Å². The van der Waals surface area contributed by atoms with Gasteiger partial charge in [0.2, 0.25) is 0 Å². The van der Waals surface area contributed by atoms with Crippen molar-refractivity contribution in [1.29, 1.82) is 0 Å². The summed E-state index contributed by atoms with van der Waals surface area (Å²) in [4.78, 5) is 2.55. The first kappa shape index (κ1) is 13.8. The van der Waals surface area contributed by atoms with Crippen molar-refractivity contribution in [2.75, 3.05) is 6.26 Å². The maximum atomic E-state index is 13.7. The third kappa shape index (κ3) is 2.13. The third-order valence-corrected chi connectivity index (χ3v) is 6.93. The number of hydrogen-bond donors (Lipinski definition) is 0. The number of rotatable bonds is 2. The van der Waals surface area contributed by atoms with Crippen LogP contribution in [-0.2, 0) is 0 Å². The van der Waals surface area contributed by atoms with Gasteiger partial charge in [0.05, 0.1) is 5.39 Å². The fourth-order valence-electron chi connectivity index (χ4n) is 2.84. The Hall–Kier alpha value is -1.84. The van der Waals surface area contributed by atoms with E-state index in [4.69, 9.17) is 0 Å². The molecule has 3 heteroatoms. The van der Waals surface area contributed by atoms with Crippen molar-refractivity contribution in [2.24, 2.45) is 0 Å². The van der Waals surface area contributed by atoms with Gasteiger partial charge < -0.3 is 0 Å². The minimum absolute atomic E-state index is 0.135. The minimum Gasteiger partial charge on any atom is -0.207 e. The quantitative estimate of drug-likeness (QED) is 0.296. The van der Waals surface area contributed by atoms with Crippen LogP contribution in [0.2, 0.25) is 0 Å². The van der Waals surface area contributed by atoms with Crippen molar-refractivity contribution >= 4 is 42.4 Å². The van der Waals surface area contributed by atoms with Gasteiger partial charge in [-0.3, -0.25) is 0 Å². The standard InChI is InChI=1S/C19H14FS2/c1-21-14-7-9-15(10-8-14)22-18-5-3-2-4-16(18)17-12-13(20)6-11-19(17)22/h2-12H,1H3/q+1. The summed E-state index contributed by atoms with van der Waals surface area (Å²) in [6.45, 7) is 0. The predicted molar refractivity (Wildman–Crippen MR) is 97.0 cm³/mol. The van der Waals surface area contributed by atoms with E-state index in [2.05, 4.69) is 48.7 Å². The fourth-order valence-corrected chi connectivity index (χ4v) is 5.61. The Morgan fingerprint density at radius 2 is 1.55 bits per heavy atom. The SMILES string of the molecule is CSc1ccc(-[s+]2c3ccccc3c3cc(F)ccc32)cc1. The van der Waals surface area contributed by atoms with Crippen LogP contribution in [0.5, 0.6) is 0 Å². The van der Waals surface area contributed by atoms with E-state index in [9.17, 15) is 4.39 Å². The Kier molecular flexibility index (Phi) is 3.40. The van der Waals surface area contributed by atoms with Crippen LogP contribution in [-0.4, -0.2) is 6.26 Å². The topological polar surface area (TPSA) is 0 Å². The molecule has 108 valence electrons. The van der Waals surface area contributed by atoms with Gasteiger partial charge in [-0.1, -0.05) is 12.1 Å². The number of halogens is 1. The normalized spacial score (nSPS) is 12.2. The van der Waals surface area contributed by atoms with E-state index >= 15 is 0 Å². The highest BCUT2D eigenvalue weighted by Gasteiger charge is 2.23. The summed E-state index contributed by atoms with van der Waals surface area (Å²) >= 11 is 1.75. The first-order valence-electron chi connectivity index (χ1n) is 7.05. The van der Waals surface area contributed by atoms with Gasteiger partial charge in [-0.2, -0.15) is 0 Å². The second kappa shape index (κ2) is 5.41. The zero-order valence-corrected chi connectivity index (χ0v) is 13.7. The van der Waals surface area contributed by atoms with Gasteiger partial charge in [0.15, 0.2) is 14.3 Å². The molecule has 3 aromatic carbocycles. The van der Waals surface area contributed by atoms with Crippen LogP contribution in [0.4, 0.5) is 4.39 Å². The highest BCUT2D eigenvalue weighted by Crippen LogP contribution is 2.48. The molecule has 4 rings (SSSR count). The van der Waals surface area contributed by atoms with E-state index in [1.54, 1.807) is 23.9 Å². The summed E-state index contributed by atoms with van der Waals surface area (Å²) in [5.74, 6) is -0.170. The Bertz CT molecular complexity index is 968. The highest BCUT2D eigenvalue weighted by molar-refractivity contribution is 7.98. The Morgan fingerprint density at radius 3 is 2.32 bits per heavy atom. The number of fused-ring (bicyclic) bond motifs is 3. The molecule has 0 spiro atoms. The van der Waals surface area contributed by atoms with Crippen molar-refractivity contribution < 1.29 is 4.39 Å². The van der Waals surface area contributed by atoms with Gasteiger partial charge in [0, 0.05) is 26.8 Å². The zero-order chi connectivity index (χ0) is 15.1. The number of thiophene rings is 1. The second-order valence-corrected chi connectivity index (χ2v) is 7.96. The number of thioether (sulfide) groups is 1. The molecule has 0 aliphatic carbocycles. The number of hydrogen-bond acceptors (Lipinski definition) is 1. The lowest BCUT2D eigenvalue weighted by molar-refractivity contribution is 0.630. The van der Waals surface area contributed by atoms with Crippen LogP contribution < -0.4 is 0 Å². The molecule has 0 nitrogen and oxygen atoms in total. The molecule has 0 radical (unpaired) electrons. The van der Waals surface area contributed by atoms with E-state index in [0.29, 0.717) is 0 Å². The van der Waals surface area contributed by atoms with Gasteiger partial charge in [-0.25, -0.2) is 4.39 Å². The van der Waals surface area contributed by atoms with Gasteiger partial charge in [-0.15, -0.1) is 11.8 Å². The van der Waals surface area contributed by atoms with Crippen LogP contribution >= 0.6 is 22.2 Å². The van der Waals surface area contributed by atoms with Gasteiger partial charge in [0.25, 0.3) is 0 Å². The summed E-state index contributed by atoms with van der Waals surface area (Å²) in [5.41, 5.74) is 0. The van der Waals surface area contributed by atoms with Crippen molar-refractivity contribution in [3.8, 4) is 4.90 Å². The molecule has 0 saturated heterocycles. The van der Waals surface area contributed by atoms with E-state index in [1.165, 1.54) is 19.2 Å². The molecule has 4 aromatic rings. The van der Waals surface area contributed by atoms with Crippen LogP contribution in [0.25, 0.3) is 25.1 Å². The van der Waals surface area contributed by atoms with Crippen molar-refractivity contribution in [2.45, 2.75) is 4.90 Å². The average molecular weight is 325 g/mol. The lowest BCUT2D eigenvalue weighted by Crippen LogP contribution is -1.73. The lowest BCUT2D eigenvalue weighted by Gasteiger charge is -1.96. The molecule has 22 heavy (non-hydrogen) atoms. The summed E-state index contributed by atoms with van der Waals surface area (Å²) in [6, 6.07) is 22.3. The Morgan fingerprint density at radius 1 is 0.818 bits per heavy atom. The molecular weight excluding hydrogens is 311 g/mol. The largest absolute Gasteiger partial charge is 0.207 e. The first-order chi connectivity index (χ1) is 10.8. The Balaban J connectivity index is 2.09. The molecule has 0 N–H and O–H groups in total. The summed E-state index contributed by atoms with van der Waals surface area (Å²) in [7, 11) is -0.135. The van der Waals surface area contributed by atoms with Crippen LogP contribution in [0.3, 0.4) is 0 Å². The smallest absolute Gasteiger partial charge is 0.187 e. The monoisotopic (exact) mass is 325 g/mol. The Labute approximate surface area is 135 Å². The molecule has 1 aromatic heterocycles. The van der Waals surface area contributed by atoms with Gasteiger partial charge in [0.1, 0.15) is 5.82 Å². The van der Waals surface area contributed by atoms with Crippen LogP contribution in [0.1, 0.15) is 0 Å². The van der Waals surface area contributed by atoms with E-state index in [1.807, 2.05) is 12.1 Å². The fraction of sp³-hybridized carbons (Fsp3) is 0.0526. The minimum atomic E-state index is -0.170. The molecular formula is C19H14FS2+. The molecule has 1 heterocycles. The maximum absolute atomic E-state index is 13.7. The lowest BCUT2D eigenvalue weighted by atomic mass is 10.1.